The van der Waals surface area contributed by atoms with Gasteiger partial charge < -0.3 is 29.2 Å². The Hall–Kier alpha value is -5.66. The van der Waals surface area contributed by atoms with Gasteiger partial charge in [-0.2, -0.15) is 0 Å². The third-order valence-corrected chi connectivity index (χ3v) is 8.61. The number of hydrogen-bond acceptors (Lipinski definition) is 11. The van der Waals surface area contributed by atoms with E-state index in [0.29, 0.717) is 28.8 Å². The molecule has 3 aromatic carbocycles. The molecule has 12 nitrogen and oxygen atoms in total. The molecule has 13 heteroatoms. The molecule has 236 valence electrons. The van der Waals surface area contributed by atoms with Crippen LogP contribution in [-0.4, -0.2) is 58.5 Å². The molecule has 8 rings (SSSR count). The van der Waals surface area contributed by atoms with Gasteiger partial charge in [0.15, 0.2) is 16.5 Å². The molecule has 3 aromatic heterocycles. The van der Waals surface area contributed by atoms with Crippen LogP contribution in [-0.2, 0) is 16.1 Å². The summed E-state index contributed by atoms with van der Waals surface area (Å²) in [7, 11) is 0. The number of ether oxygens (including phenoxy) is 4. The van der Waals surface area contributed by atoms with Crippen molar-refractivity contribution < 1.29 is 23.7 Å². The summed E-state index contributed by atoms with van der Waals surface area (Å²) >= 11 is 1.53. The zero-order valence-electron chi connectivity index (χ0n) is 25.1. The van der Waals surface area contributed by atoms with E-state index in [1.54, 1.807) is 24.4 Å². The van der Waals surface area contributed by atoms with Gasteiger partial charge in [-0.15, -0.1) is 11.3 Å². The van der Waals surface area contributed by atoms with Crippen molar-refractivity contribution in [3.8, 4) is 34.1 Å². The first-order chi connectivity index (χ1) is 23.2. The molecule has 47 heavy (non-hydrogen) atoms. The van der Waals surface area contributed by atoms with Gasteiger partial charge >= 0.3 is 6.09 Å². The highest BCUT2D eigenvalue weighted by Gasteiger charge is 2.20. The number of rotatable bonds is 8. The average Bonchev–Trinajstić information content (AvgIpc) is 3.85. The van der Waals surface area contributed by atoms with E-state index in [0.717, 1.165) is 65.2 Å². The summed E-state index contributed by atoms with van der Waals surface area (Å²) in [6.45, 7) is 3.52. The van der Waals surface area contributed by atoms with Gasteiger partial charge in [-0.3, -0.25) is 9.72 Å². The van der Waals surface area contributed by atoms with E-state index in [1.807, 2.05) is 58.4 Å². The minimum absolute atomic E-state index is 0.0890. The van der Waals surface area contributed by atoms with E-state index in [-0.39, 0.29) is 13.4 Å². The molecule has 1 fully saturated rings. The molecule has 1 amide bonds. The number of carbonyl (C=O) groups is 1. The first kappa shape index (κ1) is 28.8. The van der Waals surface area contributed by atoms with Crippen molar-refractivity contribution in [2.24, 2.45) is 0 Å². The van der Waals surface area contributed by atoms with Crippen LogP contribution in [0, 0.1) is 0 Å². The standard InChI is InChI=1S/C34H29N7O5S/c42-34(44-20-22-4-9-28-29(18-22)46-21-45-28)37-25-3-1-2-23(19-25)30-31(41-14-17-47-33(41)39-30)27-10-11-35-32(38-27)36-24-5-7-26(8-6-24)40-12-15-43-16-13-40/h1-11,14,17-19H,12-13,15-16,20-21H2,(H,37,42)(H,35,36,38). The Morgan fingerprint density at radius 2 is 1.81 bits per heavy atom. The maximum absolute atomic E-state index is 12.7. The molecule has 0 aliphatic carbocycles. The molecular weight excluding hydrogens is 618 g/mol. The quantitative estimate of drug-likeness (QED) is 0.187. The summed E-state index contributed by atoms with van der Waals surface area (Å²) in [5, 5.41) is 8.15. The number of thiazole rings is 1. The van der Waals surface area contributed by atoms with Crippen molar-refractivity contribution in [3.63, 3.8) is 0 Å². The number of fused-ring (bicyclic) bond motifs is 2. The lowest BCUT2D eigenvalue weighted by atomic mass is 10.1. The van der Waals surface area contributed by atoms with Crippen LogP contribution in [0.3, 0.4) is 0 Å². The lowest BCUT2D eigenvalue weighted by molar-refractivity contribution is 0.122. The van der Waals surface area contributed by atoms with Crippen LogP contribution in [0.2, 0.25) is 0 Å². The van der Waals surface area contributed by atoms with Crippen molar-refractivity contribution in [2.45, 2.75) is 6.61 Å². The largest absolute Gasteiger partial charge is 0.454 e. The fraction of sp³-hybridized carbons (Fsp3) is 0.176. The van der Waals surface area contributed by atoms with E-state index < -0.39 is 6.09 Å². The van der Waals surface area contributed by atoms with Gasteiger partial charge in [0, 0.05) is 53.5 Å². The van der Waals surface area contributed by atoms with E-state index >= 15 is 0 Å². The van der Waals surface area contributed by atoms with E-state index in [2.05, 4.69) is 32.7 Å². The molecule has 0 spiro atoms. The Morgan fingerprint density at radius 1 is 0.936 bits per heavy atom. The number of amides is 1. The molecule has 1 saturated heterocycles. The van der Waals surface area contributed by atoms with E-state index in [4.69, 9.17) is 28.9 Å². The van der Waals surface area contributed by atoms with Crippen LogP contribution in [0.15, 0.2) is 90.6 Å². The number of imidazole rings is 1. The Kier molecular flexibility index (Phi) is 7.73. The summed E-state index contributed by atoms with van der Waals surface area (Å²) in [5.74, 6) is 1.79. The number of nitrogens with one attached hydrogen (secondary N) is 2. The molecule has 0 bridgehead atoms. The zero-order chi connectivity index (χ0) is 31.6. The Morgan fingerprint density at radius 3 is 2.70 bits per heavy atom. The Labute approximate surface area is 273 Å². The van der Waals surface area contributed by atoms with Gasteiger partial charge in [0.25, 0.3) is 0 Å². The molecule has 5 heterocycles. The number of hydrogen-bond donors (Lipinski definition) is 2. The molecule has 0 unspecified atom stereocenters. The summed E-state index contributed by atoms with van der Waals surface area (Å²) in [6.07, 6.45) is 3.13. The molecule has 2 aliphatic rings. The number of benzene rings is 3. The smallest absolute Gasteiger partial charge is 0.411 e. The van der Waals surface area contributed by atoms with Gasteiger partial charge in [0.05, 0.1) is 24.6 Å². The monoisotopic (exact) mass is 647 g/mol. The van der Waals surface area contributed by atoms with Crippen molar-refractivity contribution in [1.82, 2.24) is 19.4 Å². The first-order valence-electron chi connectivity index (χ1n) is 15.1. The average molecular weight is 648 g/mol. The van der Waals surface area contributed by atoms with Crippen LogP contribution in [0.25, 0.3) is 27.6 Å². The third-order valence-electron chi connectivity index (χ3n) is 7.85. The van der Waals surface area contributed by atoms with Crippen LogP contribution in [0.1, 0.15) is 5.56 Å². The Balaban J connectivity index is 1.00. The molecule has 2 aliphatic heterocycles. The number of aromatic nitrogens is 4. The summed E-state index contributed by atoms with van der Waals surface area (Å²) in [4.78, 5) is 30.1. The normalized spacial score (nSPS) is 13.9. The molecule has 0 saturated carbocycles. The van der Waals surface area contributed by atoms with Crippen LogP contribution in [0.4, 0.5) is 27.8 Å². The number of carbonyl (C=O) groups excluding carboxylic acids is 1. The molecule has 0 radical (unpaired) electrons. The maximum atomic E-state index is 12.7. The highest BCUT2D eigenvalue weighted by molar-refractivity contribution is 7.15. The van der Waals surface area contributed by atoms with Crippen LogP contribution in [0.5, 0.6) is 11.5 Å². The predicted molar refractivity (Wildman–Crippen MR) is 179 cm³/mol. The summed E-state index contributed by atoms with van der Waals surface area (Å²) in [5.41, 5.74) is 6.48. The number of nitrogens with zero attached hydrogens (tertiary/aromatic N) is 5. The molecular formula is C34H29N7O5S. The fourth-order valence-corrected chi connectivity index (χ4v) is 6.28. The summed E-state index contributed by atoms with van der Waals surface area (Å²) in [6, 6.07) is 23.1. The maximum Gasteiger partial charge on any atom is 0.411 e. The number of morpholine rings is 1. The topological polar surface area (TPSA) is 124 Å². The van der Waals surface area contributed by atoms with Gasteiger partial charge in [0.2, 0.25) is 12.7 Å². The summed E-state index contributed by atoms with van der Waals surface area (Å²) < 4.78 is 23.7. The molecule has 0 atom stereocenters. The second kappa shape index (κ2) is 12.6. The molecule has 6 aromatic rings. The van der Waals surface area contributed by atoms with Gasteiger partial charge in [-0.05, 0) is 60.2 Å². The van der Waals surface area contributed by atoms with E-state index in [1.165, 1.54) is 11.3 Å². The zero-order valence-corrected chi connectivity index (χ0v) is 25.9. The third kappa shape index (κ3) is 6.13. The predicted octanol–water partition coefficient (Wildman–Crippen LogP) is 6.58. The highest BCUT2D eigenvalue weighted by atomic mass is 32.1. The second-order valence-electron chi connectivity index (χ2n) is 10.9. The lowest BCUT2D eigenvalue weighted by Gasteiger charge is -2.28. The first-order valence-corrected chi connectivity index (χ1v) is 16.0. The molecule has 2 N–H and O–H groups in total. The van der Waals surface area contributed by atoms with E-state index in [9.17, 15) is 4.79 Å². The van der Waals surface area contributed by atoms with Crippen molar-refractivity contribution >= 4 is 45.4 Å². The van der Waals surface area contributed by atoms with Crippen LogP contribution < -0.4 is 25.0 Å². The minimum atomic E-state index is -0.574. The van der Waals surface area contributed by atoms with Crippen molar-refractivity contribution in [2.75, 3.05) is 48.6 Å². The minimum Gasteiger partial charge on any atom is -0.454 e. The highest BCUT2D eigenvalue weighted by Crippen LogP contribution is 2.35. The SMILES string of the molecule is O=C(Nc1cccc(-c2nc3sccn3c2-c2ccnc(Nc3ccc(N4CCOCC4)cc3)n2)c1)OCc1ccc2c(c1)OCO2. The van der Waals surface area contributed by atoms with Gasteiger partial charge in [-0.1, -0.05) is 18.2 Å². The second-order valence-corrected chi connectivity index (χ2v) is 11.7. The lowest BCUT2D eigenvalue weighted by Crippen LogP contribution is -2.36. The number of anilines is 4. The fourth-order valence-electron chi connectivity index (χ4n) is 5.57. The van der Waals surface area contributed by atoms with Crippen LogP contribution >= 0.6 is 11.3 Å². The van der Waals surface area contributed by atoms with Gasteiger partial charge in [-0.25, -0.2) is 19.7 Å². The van der Waals surface area contributed by atoms with Crippen molar-refractivity contribution in [3.05, 3.63) is 96.1 Å². The Bertz CT molecular complexity index is 2060. The van der Waals surface area contributed by atoms with Gasteiger partial charge in [0.1, 0.15) is 12.3 Å². The van der Waals surface area contributed by atoms with Crippen molar-refractivity contribution in [1.29, 1.82) is 0 Å².